The Hall–Kier alpha value is -1.18. The number of hydrogen-bond acceptors (Lipinski definition) is 6. The Morgan fingerprint density at radius 1 is 1.53 bits per heavy atom. The van der Waals surface area contributed by atoms with Crippen molar-refractivity contribution in [2.45, 2.75) is 38.1 Å². The number of carbonyl (C=O) groups is 2. The highest BCUT2D eigenvalue weighted by atomic mass is 16.6. The fraction of sp³-hybridized carbons (Fsp3) is 0.800. The maximum absolute atomic E-state index is 11.4. The fourth-order valence-corrected chi connectivity index (χ4v) is 1.83. The number of carbonyl (C=O) groups excluding carboxylic acids is 1. The number of ether oxygens (including phenoxy) is 2. The Balaban J connectivity index is 2.75. The van der Waals surface area contributed by atoms with Gasteiger partial charge >= 0.3 is 11.9 Å². The number of aliphatic hydroxyl groups excluding tert-OH is 1. The maximum Gasteiger partial charge on any atom is 0.342 e. The molecule has 1 heterocycles. The van der Waals surface area contributed by atoms with Gasteiger partial charge in [-0.2, -0.15) is 0 Å². The van der Waals surface area contributed by atoms with Crippen molar-refractivity contribution in [3.63, 3.8) is 0 Å². The molecular weight excluding hydrogens is 232 g/mol. The van der Waals surface area contributed by atoms with Crippen LogP contribution in [0.25, 0.3) is 0 Å². The monoisotopic (exact) mass is 248 g/mol. The molecule has 1 fully saturated rings. The SMILES string of the molecule is CC1OC(C(C)(O)C(=O)OCO)CC1C(=O)O. The van der Waals surface area contributed by atoms with E-state index in [4.69, 9.17) is 14.9 Å². The van der Waals surface area contributed by atoms with E-state index in [-0.39, 0.29) is 6.42 Å². The van der Waals surface area contributed by atoms with E-state index in [2.05, 4.69) is 4.74 Å². The zero-order valence-electron chi connectivity index (χ0n) is 9.62. The van der Waals surface area contributed by atoms with Crippen LogP contribution in [0.15, 0.2) is 0 Å². The van der Waals surface area contributed by atoms with Gasteiger partial charge in [0, 0.05) is 0 Å². The van der Waals surface area contributed by atoms with Crippen molar-refractivity contribution in [1.29, 1.82) is 0 Å². The molecule has 0 aliphatic carbocycles. The number of carboxylic acids is 1. The van der Waals surface area contributed by atoms with Crippen LogP contribution < -0.4 is 0 Å². The molecule has 98 valence electrons. The lowest BCUT2D eigenvalue weighted by Crippen LogP contribution is -2.48. The molecule has 0 saturated carbocycles. The molecule has 1 aliphatic rings. The van der Waals surface area contributed by atoms with Crippen molar-refractivity contribution in [1.82, 2.24) is 0 Å². The molecule has 0 aromatic rings. The summed E-state index contributed by atoms with van der Waals surface area (Å²) in [6.45, 7) is 1.89. The highest BCUT2D eigenvalue weighted by Gasteiger charge is 2.50. The van der Waals surface area contributed by atoms with E-state index in [0.717, 1.165) is 0 Å². The topological polar surface area (TPSA) is 113 Å². The van der Waals surface area contributed by atoms with Crippen molar-refractivity contribution in [2.24, 2.45) is 5.92 Å². The van der Waals surface area contributed by atoms with Crippen LogP contribution >= 0.6 is 0 Å². The van der Waals surface area contributed by atoms with Gasteiger partial charge in [0.15, 0.2) is 12.4 Å². The van der Waals surface area contributed by atoms with Crippen LogP contribution in [-0.2, 0) is 19.1 Å². The van der Waals surface area contributed by atoms with Gasteiger partial charge in [-0.25, -0.2) is 4.79 Å². The average molecular weight is 248 g/mol. The molecule has 3 N–H and O–H groups in total. The minimum atomic E-state index is -1.97. The molecule has 4 unspecified atom stereocenters. The fourth-order valence-electron chi connectivity index (χ4n) is 1.83. The number of esters is 1. The molecule has 0 amide bonds. The standard InChI is InChI=1S/C10H16O7/c1-5-6(8(12)13)3-7(17-5)10(2,15)9(14)16-4-11/h5-7,11,15H,3-4H2,1-2H3,(H,12,13). The van der Waals surface area contributed by atoms with E-state index in [9.17, 15) is 14.7 Å². The molecule has 1 aliphatic heterocycles. The number of aliphatic hydroxyl groups is 2. The normalized spacial score (nSPS) is 31.9. The Morgan fingerprint density at radius 2 is 2.12 bits per heavy atom. The van der Waals surface area contributed by atoms with Crippen molar-refractivity contribution in [3.8, 4) is 0 Å². The average Bonchev–Trinajstić information content (AvgIpc) is 2.61. The zero-order chi connectivity index (χ0) is 13.2. The molecule has 0 bridgehead atoms. The minimum Gasteiger partial charge on any atom is -0.481 e. The van der Waals surface area contributed by atoms with Gasteiger partial charge in [0.25, 0.3) is 0 Å². The van der Waals surface area contributed by atoms with Crippen LogP contribution in [0.3, 0.4) is 0 Å². The van der Waals surface area contributed by atoms with Gasteiger partial charge in [-0.1, -0.05) is 0 Å². The van der Waals surface area contributed by atoms with Crippen molar-refractivity contribution in [3.05, 3.63) is 0 Å². The lowest BCUT2D eigenvalue weighted by atomic mass is 9.92. The molecular formula is C10H16O7. The molecule has 0 aromatic carbocycles. The number of hydrogen-bond donors (Lipinski definition) is 3. The highest BCUT2D eigenvalue weighted by molar-refractivity contribution is 5.80. The maximum atomic E-state index is 11.4. The molecule has 0 aromatic heterocycles. The molecule has 0 radical (unpaired) electrons. The molecule has 4 atom stereocenters. The number of rotatable bonds is 4. The first-order valence-corrected chi connectivity index (χ1v) is 5.19. The van der Waals surface area contributed by atoms with Gasteiger partial charge in [-0.3, -0.25) is 4.79 Å². The van der Waals surface area contributed by atoms with Gasteiger partial charge in [-0.05, 0) is 20.3 Å². The predicted molar refractivity (Wildman–Crippen MR) is 53.9 cm³/mol. The van der Waals surface area contributed by atoms with E-state index in [0.29, 0.717) is 0 Å². The smallest absolute Gasteiger partial charge is 0.342 e. The molecule has 7 heteroatoms. The van der Waals surface area contributed by atoms with Gasteiger partial charge in [0.05, 0.1) is 18.1 Å². The van der Waals surface area contributed by atoms with E-state index in [1.807, 2.05) is 0 Å². The predicted octanol–water partition coefficient (Wildman–Crippen LogP) is -0.891. The second-order valence-corrected chi connectivity index (χ2v) is 4.22. The van der Waals surface area contributed by atoms with Crippen molar-refractivity contribution < 1.29 is 34.4 Å². The summed E-state index contributed by atoms with van der Waals surface area (Å²) < 4.78 is 9.54. The zero-order valence-corrected chi connectivity index (χ0v) is 9.62. The number of carboxylic acid groups (broad SMARTS) is 1. The highest BCUT2D eigenvalue weighted by Crippen LogP contribution is 2.33. The van der Waals surface area contributed by atoms with E-state index in [1.165, 1.54) is 6.92 Å². The first kappa shape index (κ1) is 13.9. The van der Waals surface area contributed by atoms with Gasteiger partial charge < -0.3 is 24.8 Å². The molecule has 1 saturated heterocycles. The third-order valence-corrected chi connectivity index (χ3v) is 2.97. The summed E-state index contributed by atoms with van der Waals surface area (Å²) in [7, 11) is 0. The Kier molecular flexibility index (Phi) is 4.07. The van der Waals surface area contributed by atoms with Crippen LogP contribution in [-0.4, -0.2) is 51.9 Å². The molecule has 7 nitrogen and oxygen atoms in total. The molecule has 0 spiro atoms. The summed E-state index contributed by atoms with van der Waals surface area (Å²) in [5.41, 5.74) is -1.97. The Bertz CT molecular complexity index is 312. The van der Waals surface area contributed by atoms with E-state index >= 15 is 0 Å². The van der Waals surface area contributed by atoms with Crippen molar-refractivity contribution in [2.75, 3.05) is 6.79 Å². The van der Waals surface area contributed by atoms with Crippen LogP contribution in [0.1, 0.15) is 20.3 Å². The summed E-state index contributed by atoms with van der Waals surface area (Å²) in [4.78, 5) is 22.2. The summed E-state index contributed by atoms with van der Waals surface area (Å²) in [6.07, 6.45) is -1.53. The second kappa shape index (κ2) is 4.99. The van der Waals surface area contributed by atoms with Gasteiger partial charge in [-0.15, -0.1) is 0 Å². The Labute approximate surface area is 98.0 Å². The first-order valence-electron chi connectivity index (χ1n) is 5.19. The van der Waals surface area contributed by atoms with Crippen LogP contribution in [0.4, 0.5) is 0 Å². The lowest BCUT2D eigenvalue weighted by molar-refractivity contribution is -0.185. The number of aliphatic carboxylic acids is 1. The summed E-state index contributed by atoms with van der Waals surface area (Å²) in [5.74, 6) is -2.84. The summed E-state index contributed by atoms with van der Waals surface area (Å²) >= 11 is 0. The summed E-state index contributed by atoms with van der Waals surface area (Å²) in [5, 5.41) is 27.3. The third-order valence-electron chi connectivity index (χ3n) is 2.97. The third kappa shape index (κ3) is 2.74. The van der Waals surface area contributed by atoms with E-state index < -0.39 is 42.5 Å². The minimum absolute atomic E-state index is 0.0179. The first-order chi connectivity index (χ1) is 7.80. The van der Waals surface area contributed by atoms with Crippen LogP contribution in [0.2, 0.25) is 0 Å². The second-order valence-electron chi connectivity index (χ2n) is 4.22. The van der Waals surface area contributed by atoms with Crippen LogP contribution in [0.5, 0.6) is 0 Å². The van der Waals surface area contributed by atoms with Gasteiger partial charge in [0.2, 0.25) is 0 Å². The Morgan fingerprint density at radius 3 is 2.53 bits per heavy atom. The van der Waals surface area contributed by atoms with Crippen molar-refractivity contribution >= 4 is 11.9 Å². The van der Waals surface area contributed by atoms with E-state index in [1.54, 1.807) is 6.92 Å². The van der Waals surface area contributed by atoms with Gasteiger partial charge in [0.1, 0.15) is 0 Å². The summed E-state index contributed by atoms with van der Waals surface area (Å²) in [6, 6.07) is 0. The quantitative estimate of drug-likeness (QED) is 0.436. The largest absolute Gasteiger partial charge is 0.481 e. The van der Waals surface area contributed by atoms with Crippen LogP contribution in [0, 0.1) is 5.92 Å². The lowest BCUT2D eigenvalue weighted by Gasteiger charge is -2.26. The molecule has 1 rings (SSSR count). The molecule has 17 heavy (non-hydrogen) atoms.